The predicted molar refractivity (Wildman–Crippen MR) is 132 cm³/mol. The number of nitrogens with one attached hydrogen (secondary N) is 3. The molecule has 2 aromatic heterocycles. The molecule has 0 unspecified atom stereocenters. The molecule has 0 bridgehead atoms. The van der Waals surface area contributed by atoms with Gasteiger partial charge in [0.25, 0.3) is 5.56 Å². The summed E-state index contributed by atoms with van der Waals surface area (Å²) in [4.78, 5) is 44.6. The maximum Gasteiger partial charge on any atom is 0.321 e. The number of ether oxygens (including phenoxy) is 1. The first-order valence-corrected chi connectivity index (χ1v) is 12.3. The van der Waals surface area contributed by atoms with E-state index in [9.17, 15) is 14.4 Å². The minimum absolute atomic E-state index is 0.0405. The summed E-state index contributed by atoms with van der Waals surface area (Å²) in [7, 11) is 0. The Bertz CT molecular complexity index is 1080. The number of fused-ring (bicyclic) bond motifs is 1. The van der Waals surface area contributed by atoms with Crippen LogP contribution in [0.25, 0.3) is 11.0 Å². The smallest absolute Gasteiger partial charge is 0.321 e. The highest BCUT2D eigenvalue weighted by Crippen LogP contribution is 2.28. The van der Waals surface area contributed by atoms with Crippen LogP contribution in [0.5, 0.6) is 0 Å². The van der Waals surface area contributed by atoms with Crippen LogP contribution >= 0.6 is 0 Å². The molecule has 3 N–H and O–H groups in total. The maximum absolute atomic E-state index is 12.8. The number of aromatic nitrogens is 3. The first-order chi connectivity index (χ1) is 16.5. The van der Waals surface area contributed by atoms with Crippen LogP contribution in [0.1, 0.15) is 70.4 Å². The molecule has 2 aromatic rings. The van der Waals surface area contributed by atoms with Gasteiger partial charge in [0.1, 0.15) is 5.65 Å². The van der Waals surface area contributed by atoms with Crippen LogP contribution in [0, 0.1) is 18.3 Å². The Morgan fingerprint density at radius 1 is 1.29 bits per heavy atom. The fourth-order valence-electron chi connectivity index (χ4n) is 4.31. The van der Waals surface area contributed by atoms with Crippen LogP contribution in [0.2, 0.25) is 0 Å². The van der Waals surface area contributed by atoms with E-state index >= 15 is 0 Å². The van der Waals surface area contributed by atoms with Crippen LogP contribution in [-0.4, -0.2) is 39.7 Å². The quantitative estimate of drug-likeness (QED) is 0.263. The molecule has 34 heavy (non-hydrogen) atoms. The lowest BCUT2D eigenvalue weighted by molar-refractivity contribution is -0.143. The third-order valence-electron chi connectivity index (χ3n) is 6.12. The highest BCUT2D eigenvalue weighted by Gasteiger charge is 2.21. The average Bonchev–Trinajstić information content (AvgIpc) is 3.15. The second-order valence-electron chi connectivity index (χ2n) is 8.84. The Kier molecular flexibility index (Phi) is 9.56. The van der Waals surface area contributed by atoms with E-state index in [2.05, 4.69) is 26.5 Å². The van der Waals surface area contributed by atoms with Crippen molar-refractivity contribution in [3.05, 3.63) is 22.1 Å². The van der Waals surface area contributed by atoms with Gasteiger partial charge in [-0.1, -0.05) is 32.6 Å². The van der Waals surface area contributed by atoms with E-state index < -0.39 is 6.03 Å². The van der Waals surface area contributed by atoms with Crippen LogP contribution < -0.4 is 16.2 Å². The van der Waals surface area contributed by atoms with Gasteiger partial charge in [0.2, 0.25) is 5.95 Å². The minimum Gasteiger partial charge on any atom is -0.465 e. The molecule has 0 aromatic carbocycles. The van der Waals surface area contributed by atoms with Crippen molar-refractivity contribution in [1.82, 2.24) is 19.9 Å². The number of hydrogen-bond acceptors (Lipinski definition) is 5. The lowest BCUT2D eigenvalue weighted by Crippen LogP contribution is -2.31. The van der Waals surface area contributed by atoms with Gasteiger partial charge in [-0.2, -0.15) is 4.98 Å². The molecular weight excluding hydrogens is 434 g/mol. The second-order valence-corrected chi connectivity index (χ2v) is 8.84. The molecule has 0 aliphatic heterocycles. The highest BCUT2D eigenvalue weighted by molar-refractivity contribution is 5.88. The van der Waals surface area contributed by atoms with Gasteiger partial charge < -0.3 is 14.6 Å². The normalized spacial score (nSPS) is 14.0. The maximum atomic E-state index is 12.8. The summed E-state index contributed by atoms with van der Waals surface area (Å²) in [6.07, 6.45) is 14.1. The summed E-state index contributed by atoms with van der Waals surface area (Å²) in [6, 6.07) is 1.29. The molecule has 1 fully saturated rings. The summed E-state index contributed by atoms with van der Waals surface area (Å²) in [5.41, 5.74) is 0.790. The lowest BCUT2D eigenvalue weighted by Gasteiger charge is -2.23. The number of anilines is 1. The molecule has 1 aliphatic rings. The fourth-order valence-corrected chi connectivity index (χ4v) is 4.31. The largest absolute Gasteiger partial charge is 0.465 e. The molecule has 0 radical (unpaired) electrons. The number of amides is 2. The van der Waals surface area contributed by atoms with E-state index in [0.29, 0.717) is 48.6 Å². The predicted octanol–water partition coefficient (Wildman–Crippen LogP) is 3.73. The van der Waals surface area contributed by atoms with Gasteiger partial charge in [-0.15, -0.1) is 12.3 Å². The second kappa shape index (κ2) is 12.8. The molecule has 0 spiro atoms. The van der Waals surface area contributed by atoms with Gasteiger partial charge >= 0.3 is 12.0 Å². The molecule has 1 aliphatic carbocycles. The van der Waals surface area contributed by atoms with E-state index in [4.69, 9.17) is 11.2 Å². The van der Waals surface area contributed by atoms with Crippen molar-refractivity contribution in [2.24, 2.45) is 5.92 Å². The summed E-state index contributed by atoms with van der Waals surface area (Å²) >= 11 is 0. The van der Waals surface area contributed by atoms with E-state index in [1.165, 1.54) is 19.3 Å². The summed E-state index contributed by atoms with van der Waals surface area (Å²) in [6.45, 7) is 3.52. The van der Waals surface area contributed by atoms with E-state index in [1.54, 1.807) is 6.07 Å². The van der Waals surface area contributed by atoms with Gasteiger partial charge in [-0.25, -0.2) is 4.79 Å². The molecule has 1 saturated carbocycles. The number of aromatic amines is 1. The number of rotatable bonds is 11. The van der Waals surface area contributed by atoms with E-state index in [-0.39, 0.29) is 30.5 Å². The molecule has 2 heterocycles. The number of unbranched alkanes of at least 4 members (excludes halogenated alkanes) is 2. The monoisotopic (exact) mass is 469 g/mol. The molecule has 0 atom stereocenters. The van der Waals surface area contributed by atoms with Gasteiger partial charge in [-0.3, -0.25) is 19.9 Å². The van der Waals surface area contributed by atoms with Crippen molar-refractivity contribution in [1.29, 1.82) is 0 Å². The molecule has 9 nitrogen and oxygen atoms in total. The Morgan fingerprint density at radius 3 is 2.82 bits per heavy atom. The van der Waals surface area contributed by atoms with Crippen molar-refractivity contribution < 1.29 is 14.3 Å². The number of nitrogens with zero attached hydrogens (tertiary/aromatic N) is 2. The van der Waals surface area contributed by atoms with Gasteiger partial charge in [0.15, 0.2) is 0 Å². The first kappa shape index (κ1) is 25.3. The molecule has 0 saturated heterocycles. The molecule has 3 rings (SSSR count). The zero-order valence-corrected chi connectivity index (χ0v) is 20.0. The number of terminal acetylenes is 1. The number of esters is 1. The van der Waals surface area contributed by atoms with Crippen LogP contribution in [-0.2, 0) is 22.5 Å². The van der Waals surface area contributed by atoms with Gasteiger partial charge in [0, 0.05) is 25.2 Å². The van der Waals surface area contributed by atoms with Crippen molar-refractivity contribution in [2.45, 2.75) is 77.7 Å². The van der Waals surface area contributed by atoms with Gasteiger partial charge in [0.05, 0.1) is 18.4 Å². The average molecular weight is 470 g/mol. The Hall–Kier alpha value is -3.28. The summed E-state index contributed by atoms with van der Waals surface area (Å²) in [5.74, 6) is 2.69. The van der Waals surface area contributed by atoms with Crippen molar-refractivity contribution in [2.75, 3.05) is 18.5 Å². The number of H-pyrrole nitrogens is 1. The van der Waals surface area contributed by atoms with Crippen molar-refractivity contribution in [3.63, 3.8) is 0 Å². The zero-order valence-electron chi connectivity index (χ0n) is 20.0. The topological polar surface area (TPSA) is 118 Å². The SMILES string of the molecule is C#CCCCOC(=O)Cc1cc2c(=O)[nH]c(NC(=O)NCCCC)nc2n1CC1CCCCC1. The van der Waals surface area contributed by atoms with Gasteiger partial charge in [-0.05, 0) is 37.7 Å². The molecule has 2 amide bonds. The van der Waals surface area contributed by atoms with Crippen LogP contribution in [0.15, 0.2) is 10.9 Å². The highest BCUT2D eigenvalue weighted by atomic mass is 16.5. The Morgan fingerprint density at radius 2 is 2.09 bits per heavy atom. The lowest BCUT2D eigenvalue weighted by atomic mass is 9.89. The fraction of sp³-hybridized carbons (Fsp3) is 0.600. The van der Waals surface area contributed by atoms with Crippen molar-refractivity contribution >= 4 is 29.0 Å². The standard InChI is InChI=1S/C25H35N5O4/c1-3-5-10-14-34-21(31)16-19-15-20-22(30(19)17-18-11-8-7-9-12-18)27-24(28-23(20)32)29-25(33)26-13-6-4-2/h1,15,18H,4-14,16-17H2,2H3,(H3,26,27,28,29,32,33). The third kappa shape index (κ3) is 7.11. The first-order valence-electron chi connectivity index (χ1n) is 12.3. The number of urea groups is 1. The molecule has 9 heteroatoms. The molecule has 184 valence electrons. The summed E-state index contributed by atoms with van der Waals surface area (Å²) in [5, 5.41) is 5.76. The number of carbonyl (C=O) groups is 2. The number of carbonyl (C=O) groups excluding carboxylic acids is 2. The Labute approximate surface area is 200 Å². The third-order valence-corrected chi connectivity index (χ3v) is 6.12. The van der Waals surface area contributed by atoms with E-state index in [0.717, 1.165) is 25.7 Å². The minimum atomic E-state index is -0.419. The van der Waals surface area contributed by atoms with E-state index in [1.807, 2.05) is 11.5 Å². The van der Waals surface area contributed by atoms with Crippen LogP contribution in [0.4, 0.5) is 10.7 Å². The summed E-state index contributed by atoms with van der Waals surface area (Å²) < 4.78 is 7.27. The van der Waals surface area contributed by atoms with Crippen molar-refractivity contribution in [3.8, 4) is 12.3 Å². The van der Waals surface area contributed by atoms with Crippen LogP contribution in [0.3, 0.4) is 0 Å². The zero-order chi connectivity index (χ0) is 24.3. The Balaban J connectivity index is 1.85. The molecular formula is C25H35N5O4. The number of hydrogen-bond donors (Lipinski definition) is 3.